The Balaban J connectivity index is 2.21. The summed E-state index contributed by atoms with van der Waals surface area (Å²) in [6.07, 6.45) is 4.97. The topological polar surface area (TPSA) is 15.3 Å². The predicted molar refractivity (Wildman–Crippen MR) is 94.8 cm³/mol. The molecule has 1 aliphatic rings. The van der Waals surface area contributed by atoms with Gasteiger partial charge in [0.05, 0.1) is 0 Å². The molecule has 0 aliphatic carbocycles. The van der Waals surface area contributed by atoms with E-state index in [1.165, 1.54) is 42.4 Å². The van der Waals surface area contributed by atoms with Gasteiger partial charge in [0, 0.05) is 16.1 Å². The third-order valence-corrected chi connectivity index (χ3v) is 5.90. The average molecular weight is 353 g/mol. The van der Waals surface area contributed by atoms with E-state index in [-0.39, 0.29) is 5.54 Å². The summed E-state index contributed by atoms with van der Waals surface area (Å²) in [6.45, 7) is 10.5. The Hall–Kier alpha value is -0.380. The van der Waals surface area contributed by atoms with Crippen molar-refractivity contribution in [2.75, 3.05) is 19.6 Å². The van der Waals surface area contributed by atoms with Gasteiger partial charge >= 0.3 is 0 Å². The van der Waals surface area contributed by atoms with E-state index in [4.69, 9.17) is 0 Å². The van der Waals surface area contributed by atoms with E-state index in [1.807, 2.05) is 0 Å². The maximum absolute atomic E-state index is 3.76. The minimum absolute atomic E-state index is 0.238. The molecule has 0 aromatic heterocycles. The number of likely N-dealkylation sites (tertiary alicyclic amines) is 1. The molecule has 118 valence electrons. The van der Waals surface area contributed by atoms with Crippen LogP contribution in [0.25, 0.3) is 0 Å². The van der Waals surface area contributed by atoms with E-state index in [0.29, 0.717) is 6.04 Å². The Kier molecular flexibility index (Phi) is 6.27. The van der Waals surface area contributed by atoms with Crippen LogP contribution in [0.4, 0.5) is 0 Å². The largest absolute Gasteiger partial charge is 0.312 e. The summed E-state index contributed by atoms with van der Waals surface area (Å²) in [5, 5.41) is 3.76. The molecule has 0 saturated carbocycles. The Morgan fingerprint density at radius 3 is 2.48 bits per heavy atom. The third kappa shape index (κ3) is 3.88. The minimum Gasteiger partial charge on any atom is -0.312 e. The molecule has 1 aromatic carbocycles. The highest BCUT2D eigenvalue weighted by atomic mass is 79.9. The first-order chi connectivity index (χ1) is 10.1. The summed E-state index contributed by atoms with van der Waals surface area (Å²) in [5.41, 5.74) is 1.64. The number of halogens is 1. The van der Waals surface area contributed by atoms with Crippen molar-refractivity contribution < 1.29 is 0 Å². The summed E-state index contributed by atoms with van der Waals surface area (Å²) in [7, 11) is 0. The van der Waals surface area contributed by atoms with Gasteiger partial charge in [-0.05, 0) is 63.9 Å². The summed E-state index contributed by atoms with van der Waals surface area (Å²) in [4.78, 5) is 2.71. The van der Waals surface area contributed by atoms with Crippen LogP contribution in [0.3, 0.4) is 0 Å². The highest BCUT2D eigenvalue weighted by Crippen LogP contribution is 2.31. The molecular weight excluding hydrogens is 324 g/mol. The van der Waals surface area contributed by atoms with Gasteiger partial charge in [0.25, 0.3) is 0 Å². The highest BCUT2D eigenvalue weighted by Gasteiger charge is 2.39. The van der Waals surface area contributed by atoms with Crippen molar-refractivity contribution in [1.29, 1.82) is 0 Å². The zero-order chi connectivity index (χ0) is 15.3. The van der Waals surface area contributed by atoms with E-state index in [2.05, 4.69) is 71.2 Å². The molecule has 3 heteroatoms. The molecule has 2 nitrogen and oxygen atoms in total. The second-order valence-corrected chi connectivity index (χ2v) is 7.17. The van der Waals surface area contributed by atoms with E-state index < -0.39 is 0 Å². The summed E-state index contributed by atoms with van der Waals surface area (Å²) >= 11 is 3.71. The average Bonchev–Trinajstić information content (AvgIpc) is 3.03. The molecule has 1 heterocycles. The first-order valence-electron chi connectivity index (χ1n) is 8.33. The number of hydrogen-bond donors (Lipinski definition) is 1. The normalized spacial score (nSPS) is 20.4. The number of nitrogens with zero attached hydrogens (tertiary/aromatic N) is 1. The van der Waals surface area contributed by atoms with Gasteiger partial charge in [-0.25, -0.2) is 0 Å². The molecule has 1 saturated heterocycles. The lowest BCUT2D eigenvalue weighted by molar-refractivity contribution is 0.0846. The molecule has 1 N–H and O–H groups in total. The molecule has 0 spiro atoms. The van der Waals surface area contributed by atoms with Gasteiger partial charge < -0.3 is 5.32 Å². The van der Waals surface area contributed by atoms with E-state index in [1.54, 1.807) is 0 Å². The highest BCUT2D eigenvalue weighted by molar-refractivity contribution is 9.10. The lowest BCUT2D eigenvalue weighted by Crippen LogP contribution is -2.59. The van der Waals surface area contributed by atoms with E-state index >= 15 is 0 Å². The van der Waals surface area contributed by atoms with Gasteiger partial charge in [0.2, 0.25) is 0 Å². The molecular formula is C18H29BrN2. The third-order valence-electron chi connectivity index (χ3n) is 5.13. The molecule has 0 amide bonds. The number of rotatable bonds is 7. The van der Waals surface area contributed by atoms with Gasteiger partial charge in [-0.2, -0.15) is 0 Å². The smallest absolute Gasteiger partial charge is 0.0335 e. The van der Waals surface area contributed by atoms with Gasteiger partial charge in [-0.1, -0.05) is 48.0 Å². The second-order valence-electron chi connectivity index (χ2n) is 6.31. The van der Waals surface area contributed by atoms with Crippen LogP contribution < -0.4 is 5.32 Å². The van der Waals surface area contributed by atoms with E-state index in [0.717, 1.165) is 13.0 Å². The van der Waals surface area contributed by atoms with Crippen molar-refractivity contribution in [3.63, 3.8) is 0 Å². The summed E-state index contributed by atoms with van der Waals surface area (Å²) in [5.74, 6) is 0. The van der Waals surface area contributed by atoms with Crippen molar-refractivity contribution in [3.8, 4) is 0 Å². The quantitative estimate of drug-likeness (QED) is 0.789. The Labute approximate surface area is 138 Å². The van der Waals surface area contributed by atoms with Gasteiger partial charge in [-0.15, -0.1) is 0 Å². The molecule has 21 heavy (non-hydrogen) atoms. The standard InChI is InChI=1S/C18H29BrN2/c1-4-18(3,21-12-8-9-13-21)17(20-5-2)14-15-10-6-7-11-16(15)19/h6-7,10-11,17,20H,4-5,8-9,12-14H2,1-3H3. The van der Waals surface area contributed by atoms with Crippen molar-refractivity contribution in [3.05, 3.63) is 34.3 Å². The molecule has 1 aliphatic heterocycles. The number of likely N-dealkylation sites (N-methyl/N-ethyl adjacent to an activating group) is 1. The fourth-order valence-corrected chi connectivity index (χ4v) is 4.01. The van der Waals surface area contributed by atoms with Crippen LogP contribution in [-0.2, 0) is 6.42 Å². The number of benzene rings is 1. The Morgan fingerprint density at radius 1 is 1.24 bits per heavy atom. The molecule has 2 unspecified atom stereocenters. The Morgan fingerprint density at radius 2 is 1.90 bits per heavy atom. The van der Waals surface area contributed by atoms with Crippen molar-refractivity contribution in [1.82, 2.24) is 10.2 Å². The van der Waals surface area contributed by atoms with Crippen LogP contribution in [0.5, 0.6) is 0 Å². The van der Waals surface area contributed by atoms with Crippen LogP contribution in [0.15, 0.2) is 28.7 Å². The van der Waals surface area contributed by atoms with Gasteiger partial charge in [0.1, 0.15) is 0 Å². The van der Waals surface area contributed by atoms with Crippen molar-refractivity contribution in [2.24, 2.45) is 0 Å². The molecule has 0 radical (unpaired) electrons. The zero-order valence-electron chi connectivity index (χ0n) is 13.7. The second kappa shape index (κ2) is 7.75. The molecule has 1 aromatic rings. The number of nitrogens with one attached hydrogen (secondary N) is 1. The monoisotopic (exact) mass is 352 g/mol. The van der Waals surface area contributed by atoms with Crippen molar-refractivity contribution in [2.45, 2.75) is 58.0 Å². The van der Waals surface area contributed by atoms with Crippen LogP contribution in [-0.4, -0.2) is 36.1 Å². The number of hydrogen-bond acceptors (Lipinski definition) is 2. The van der Waals surface area contributed by atoms with Gasteiger partial charge in [-0.3, -0.25) is 4.90 Å². The molecule has 1 fully saturated rings. The van der Waals surface area contributed by atoms with E-state index in [9.17, 15) is 0 Å². The van der Waals surface area contributed by atoms with Crippen LogP contribution in [0.1, 0.15) is 45.6 Å². The zero-order valence-corrected chi connectivity index (χ0v) is 15.2. The van der Waals surface area contributed by atoms with Crippen molar-refractivity contribution >= 4 is 15.9 Å². The fourth-order valence-electron chi connectivity index (χ4n) is 3.56. The Bertz CT molecular complexity index is 443. The SMILES string of the molecule is CCNC(Cc1ccccc1Br)C(C)(CC)N1CCCC1. The molecule has 2 atom stereocenters. The first kappa shape index (κ1) is 17.0. The first-order valence-corrected chi connectivity index (χ1v) is 9.13. The predicted octanol–water partition coefficient (Wildman–Crippen LogP) is 4.23. The maximum Gasteiger partial charge on any atom is 0.0335 e. The summed E-state index contributed by atoms with van der Waals surface area (Å²) < 4.78 is 1.23. The fraction of sp³-hybridized carbons (Fsp3) is 0.667. The van der Waals surface area contributed by atoms with Crippen LogP contribution in [0.2, 0.25) is 0 Å². The van der Waals surface area contributed by atoms with Crippen LogP contribution in [0, 0.1) is 0 Å². The summed E-state index contributed by atoms with van der Waals surface area (Å²) in [6, 6.07) is 9.12. The minimum atomic E-state index is 0.238. The lowest BCUT2D eigenvalue weighted by atomic mass is 9.83. The molecule has 0 bridgehead atoms. The van der Waals surface area contributed by atoms with Crippen LogP contribution >= 0.6 is 15.9 Å². The molecule has 2 rings (SSSR count). The maximum atomic E-state index is 3.76. The van der Waals surface area contributed by atoms with Gasteiger partial charge in [0.15, 0.2) is 0 Å². The lowest BCUT2D eigenvalue weighted by Gasteiger charge is -2.45.